The number of hydrogen-bond donors (Lipinski definition) is 1. The highest BCUT2D eigenvalue weighted by atomic mass is 16.4. The molecule has 0 aliphatic heterocycles. The molecule has 5 heteroatoms. The van der Waals surface area contributed by atoms with E-state index in [0.29, 0.717) is 30.6 Å². The van der Waals surface area contributed by atoms with E-state index >= 15 is 0 Å². The van der Waals surface area contributed by atoms with E-state index in [0.717, 1.165) is 5.56 Å². The average Bonchev–Trinajstić information content (AvgIpc) is 2.70. The van der Waals surface area contributed by atoms with Gasteiger partial charge in [0.05, 0.1) is 11.9 Å². The zero-order valence-electron chi connectivity index (χ0n) is 10.5. The van der Waals surface area contributed by atoms with Crippen LogP contribution in [0.25, 0.3) is 11.1 Å². The minimum atomic E-state index is -0.475. The molecule has 0 aliphatic carbocycles. The van der Waals surface area contributed by atoms with Gasteiger partial charge in [0.1, 0.15) is 0 Å². The van der Waals surface area contributed by atoms with E-state index in [1.54, 1.807) is 23.1 Å². The Balaban J connectivity index is 2.21. The summed E-state index contributed by atoms with van der Waals surface area (Å²) in [6.45, 7) is 5.33. The Morgan fingerprint density at radius 2 is 2.06 bits per heavy atom. The fourth-order valence-electron chi connectivity index (χ4n) is 1.97. The van der Waals surface area contributed by atoms with Crippen LogP contribution in [0.1, 0.15) is 19.4 Å². The van der Waals surface area contributed by atoms with Crippen LogP contribution in [0.4, 0.5) is 0 Å². The van der Waals surface area contributed by atoms with E-state index < -0.39 is 5.76 Å². The van der Waals surface area contributed by atoms with Crippen LogP contribution in [0, 0.1) is 0 Å². The van der Waals surface area contributed by atoms with E-state index in [9.17, 15) is 9.59 Å². The van der Waals surface area contributed by atoms with Crippen molar-refractivity contribution < 1.29 is 9.21 Å². The van der Waals surface area contributed by atoms with E-state index in [-0.39, 0.29) is 5.91 Å². The van der Waals surface area contributed by atoms with Crippen LogP contribution in [0.5, 0.6) is 0 Å². The standard InChI is InChI=1S/C13H16N2O3/c1-3-15(4-2)12(16)8-9-5-6-11-10(7-9)14-13(17)18-11/h5-7H,3-4,8H2,1-2H3,(H,14,17). The fraction of sp³-hybridized carbons (Fsp3) is 0.385. The second-order valence-corrected chi connectivity index (χ2v) is 4.09. The molecule has 0 fully saturated rings. The topological polar surface area (TPSA) is 66.3 Å². The first-order valence-electron chi connectivity index (χ1n) is 6.03. The number of rotatable bonds is 4. The molecule has 0 atom stereocenters. The van der Waals surface area contributed by atoms with Gasteiger partial charge in [-0.1, -0.05) is 6.07 Å². The van der Waals surface area contributed by atoms with Gasteiger partial charge in [0.25, 0.3) is 0 Å². The lowest BCUT2D eigenvalue weighted by Gasteiger charge is -2.18. The number of benzene rings is 1. The number of fused-ring (bicyclic) bond motifs is 1. The van der Waals surface area contributed by atoms with Gasteiger partial charge in [-0.25, -0.2) is 4.79 Å². The van der Waals surface area contributed by atoms with Crippen LogP contribution in [-0.2, 0) is 11.2 Å². The zero-order valence-corrected chi connectivity index (χ0v) is 10.5. The number of oxazole rings is 1. The first-order valence-corrected chi connectivity index (χ1v) is 6.03. The number of aromatic amines is 1. The van der Waals surface area contributed by atoms with Crippen LogP contribution in [-0.4, -0.2) is 28.9 Å². The van der Waals surface area contributed by atoms with Crippen molar-refractivity contribution in [3.8, 4) is 0 Å². The smallest absolute Gasteiger partial charge is 0.408 e. The Labute approximate surface area is 104 Å². The number of amides is 1. The lowest BCUT2D eigenvalue weighted by Crippen LogP contribution is -2.31. The van der Waals surface area contributed by atoms with Crippen LogP contribution in [0.3, 0.4) is 0 Å². The maximum absolute atomic E-state index is 11.9. The minimum Gasteiger partial charge on any atom is -0.408 e. The third-order valence-corrected chi connectivity index (χ3v) is 2.95. The Kier molecular flexibility index (Phi) is 3.50. The number of H-pyrrole nitrogens is 1. The Hall–Kier alpha value is -2.04. The summed E-state index contributed by atoms with van der Waals surface area (Å²) in [7, 11) is 0. The molecule has 18 heavy (non-hydrogen) atoms. The first kappa shape index (κ1) is 12.4. The van der Waals surface area contributed by atoms with Gasteiger partial charge in [0.2, 0.25) is 5.91 Å². The third kappa shape index (κ3) is 2.45. The quantitative estimate of drug-likeness (QED) is 0.892. The Morgan fingerprint density at radius 3 is 2.72 bits per heavy atom. The summed E-state index contributed by atoms with van der Waals surface area (Å²) in [6, 6.07) is 5.29. The van der Waals surface area contributed by atoms with Gasteiger partial charge in [-0.05, 0) is 31.5 Å². The summed E-state index contributed by atoms with van der Waals surface area (Å²) >= 11 is 0. The molecule has 1 amide bonds. The van der Waals surface area contributed by atoms with E-state index in [2.05, 4.69) is 4.98 Å². The fourth-order valence-corrected chi connectivity index (χ4v) is 1.97. The molecular formula is C13H16N2O3. The second kappa shape index (κ2) is 5.08. The maximum atomic E-state index is 11.9. The molecule has 2 aromatic rings. The molecule has 96 valence electrons. The normalized spacial score (nSPS) is 10.8. The molecule has 0 saturated carbocycles. The number of carbonyl (C=O) groups is 1. The van der Waals surface area contributed by atoms with Crippen molar-refractivity contribution in [1.29, 1.82) is 0 Å². The number of likely N-dealkylation sites (N-methyl/N-ethyl adjacent to an activating group) is 1. The van der Waals surface area contributed by atoms with Crippen molar-refractivity contribution in [3.05, 3.63) is 34.3 Å². The lowest BCUT2D eigenvalue weighted by molar-refractivity contribution is -0.130. The van der Waals surface area contributed by atoms with Crippen LogP contribution < -0.4 is 5.76 Å². The maximum Gasteiger partial charge on any atom is 0.417 e. The Morgan fingerprint density at radius 1 is 1.33 bits per heavy atom. The van der Waals surface area contributed by atoms with Gasteiger partial charge in [-0.15, -0.1) is 0 Å². The molecule has 0 radical (unpaired) electrons. The minimum absolute atomic E-state index is 0.0881. The molecule has 0 aliphatic rings. The van der Waals surface area contributed by atoms with E-state index in [1.807, 2.05) is 13.8 Å². The second-order valence-electron chi connectivity index (χ2n) is 4.09. The molecule has 1 aromatic carbocycles. The van der Waals surface area contributed by atoms with E-state index in [4.69, 9.17) is 4.42 Å². The zero-order chi connectivity index (χ0) is 13.1. The van der Waals surface area contributed by atoms with Crippen LogP contribution in [0.2, 0.25) is 0 Å². The molecule has 1 aromatic heterocycles. The van der Waals surface area contributed by atoms with Crippen LogP contribution in [0.15, 0.2) is 27.4 Å². The summed E-state index contributed by atoms with van der Waals surface area (Å²) in [5.41, 5.74) is 2.01. The van der Waals surface area contributed by atoms with Crippen LogP contribution >= 0.6 is 0 Å². The summed E-state index contributed by atoms with van der Waals surface area (Å²) < 4.78 is 4.91. The van der Waals surface area contributed by atoms with Gasteiger partial charge in [-0.3, -0.25) is 9.78 Å². The number of aromatic nitrogens is 1. The molecule has 1 N–H and O–H groups in total. The molecule has 2 rings (SSSR count). The van der Waals surface area contributed by atoms with Crippen molar-refractivity contribution in [3.63, 3.8) is 0 Å². The molecule has 0 spiro atoms. The average molecular weight is 248 g/mol. The highest BCUT2D eigenvalue weighted by Gasteiger charge is 2.11. The molecule has 1 heterocycles. The van der Waals surface area contributed by atoms with E-state index in [1.165, 1.54) is 0 Å². The largest absolute Gasteiger partial charge is 0.417 e. The molecule has 0 bridgehead atoms. The molecule has 0 saturated heterocycles. The van der Waals surface area contributed by atoms with Gasteiger partial charge >= 0.3 is 5.76 Å². The SMILES string of the molecule is CCN(CC)C(=O)Cc1ccc2oc(=O)[nH]c2c1. The third-order valence-electron chi connectivity index (χ3n) is 2.95. The summed E-state index contributed by atoms with van der Waals surface area (Å²) in [4.78, 5) is 27.3. The predicted octanol–water partition coefficient (Wildman–Crippen LogP) is 1.53. The highest BCUT2D eigenvalue weighted by molar-refractivity contribution is 5.81. The number of hydrogen-bond acceptors (Lipinski definition) is 3. The summed E-state index contributed by atoms with van der Waals surface area (Å²) in [6.07, 6.45) is 0.338. The number of nitrogens with zero attached hydrogens (tertiary/aromatic N) is 1. The van der Waals surface area contributed by atoms with Gasteiger partial charge in [0, 0.05) is 13.1 Å². The van der Waals surface area contributed by atoms with Gasteiger partial charge in [0.15, 0.2) is 5.58 Å². The van der Waals surface area contributed by atoms with Crippen molar-refractivity contribution in [2.24, 2.45) is 0 Å². The van der Waals surface area contributed by atoms with Crippen molar-refractivity contribution in [2.75, 3.05) is 13.1 Å². The van der Waals surface area contributed by atoms with Gasteiger partial charge in [-0.2, -0.15) is 0 Å². The van der Waals surface area contributed by atoms with Crippen molar-refractivity contribution in [2.45, 2.75) is 20.3 Å². The Bertz CT molecular complexity index is 608. The van der Waals surface area contributed by atoms with Crippen molar-refractivity contribution in [1.82, 2.24) is 9.88 Å². The number of nitrogens with one attached hydrogen (secondary N) is 1. The molecular weight excluding hydrogens is 232 g/mol. The summed E-state index contributed by atoms with van der Waals surface area (Å²) in [5.74, 6) is -0.387. The monoisotopic (exact) mass is 248 g/mol. The lowest BCUT2D eigenvalue weighted by atomic mass is 10.1. The predicted molar refractivity (Wildman–Crippen MR) is 68.5 cm³/mol. The van der Waals surface area contributed by atoms with Gasteiger partial charge < -0.3 is 9.32 Å². The molecule has 5 nitrogen and oxygen atoms in total. The molecule has 0 unspecified atom stereocenters. The first-order chi connectivity index (χ1) is 8.63. The van der Waals surface area contributed by atoms with Crippen molar-refractivity contribution >= 4 is 17.0 Å². The highest BCUT2D eigenvalue weighted by Crippen LogP contribution is 2.13. The summed E-state index contributed by atoms with van der Waals surface area (Å²) in [5, 5.41) is 0. The number of carbonyl (C=O) groups excluding carboxylic acids is 1.